The van der Waals surface area contributed by atoms with Crippen LogP contribution in [0.4, 0.5) is 5.69 Å². The Morgan fingerprint density at radius 2 is 1.86 bits per heavy atom. The third-order valence-electron chi connectivity index (χ3n) is 4.39. The van der Waals surface area contributed by atoms with Crippen LogP contribution in [0, 0.1) is 0 Å². The van der Waals surface area contributed by atoms with Gasteiger partial charge in [0.2, 0.25) is 0 Å². The lowest BCUT2D eigenvalue weighted by molar-refractivity contribution is -0.118. The predicted octanol–water partition coefficient (Wildman–Crippen LogP) is 2.62. The molecule has 1 saturated heterocycles. The van der Waals surface area contributed by atoms with Gasteiger partial charge in [-0.3, -0.25) is 9.59 Å². The van der Waals surface area contributed by atoms with Crippen LogP contribution in [0.5, 0.6) is 11.5 Å². The first-order valence-electron chi connectivity index (χ1n) is 9.22. The normalized spacial score (nSPS) is 15.7. The molecule has 2 aromatic carbocycles. The van der Waals surface area contributed by atoms with Crippen LogP contribution >= 0.6 is 0 Å². The largest absolute Gasteiger partial charge is 0.493 e. The number of rotatable bonds is 8. The Morgan fingerprint density at radius 3 is 2.61 bits per heavy atom. The molecule has 28 heavy (non-hydrogen) atoms. The van der Waals surface area contributed by atoms with E-state index < -0.39 is 0 Å². The zero-order valence-electron chi connectivity index (χ0n) is 15.8. The van der Waals surface area contributed by atoms with E-state index in [2.05, 4.69) is 10.6 Å². The van der Waals surface area contributed by atoms with Crippen molar-refractivity contribution < 1.29 is 23.8 Å². The number of carbonyl (C=O) groups excluding carboxylic acids is 2. The minimum absolute atomic E-state index is 0.0555. The predicted molar refractivity (Wildman–Crippen MR) is 105 cm³/mol. The third-order valence-corrected chi connectivity index (χ3v) is 4.39. The average molecular weight is 384 g/mol. The van der Waals surface area contributed by atoms with Gasteiger partial charge in [-0.25, -0.2) is 0 Å². The number of amides is 2. The molecule has 2 amide bonds. The second-order valence-electron chi connectivity index (χ2n) is 6.38. The van der Waals surface area contributed by atoms with Gasteiger partial charge in [-0.15, -0.1) is 0 Å². The molecular formula is C21H24N2O5. The molecule has 2 N–H and O–H groups in total. The molecule has 0 radical (unpaired) electrons. The first-order valence-corrected chi connectivity index (χ1v) is 9.22. The molecule has 0 aromatic heterocycles. The van der Waals surface area contributed by atoms with Crippen LogP contribution in [-0.4, -0.2) is 44.8 Å². The van der Waals surface area contributed by atoms with Gasteiger partial charge in [0.25, 0.3) is 11.8 Å². The summed E-state index contributed by atoms with van der Waals surface area (Å²) in [5, 5.41) is 5.59. The lowest BCUT2D eigenvalue weighted by atomic mass is 10.1. The second-order valence-corrected chi connectivity index (χ2v) is 6.38. The van der Waals surface area contributed by atoms with Crippen LogP contribution in [0.25, 0.3) is 0 Å². The van der Waals surface area contributed by atoms with Gasteiger partial charge in [0, 0.05) is 13.2 Å². The molecule has 0 spiro atoms. The summed E-state index contributed by atoms with van der Waals surface area (Å²) in [6, 6.07) is 13.9. The fourth-order valence-electron chi connectivity index (χ4n) is 2.96. The van der Waals surface area contributed by atoms with E-state index in [9.17, 15) is 9.59 Å². The number of ether oxygens (including phenoxy) is 3. The number of carbonyl (C=O) groups is 2. The molecule has 2 aromatic rings. The molecule has 1 fully saturated rings. The van der Waals surface area contributed by atoms with E-state index in [1.54, 1.807) is 42.5 Å². The quantitative estimate of drug-likeness (QED) is 0.731. The summed E-state index contributed by atoms with van der Waals surface area (Å²) in [6.07, 6.45) is 2.01. The van der Waals surface area contributed by atoms with Crippen molar-refractivity contribution in [3.05, 3.63) is 54.1 Å². The van der Waals surface area contributed by atoms with Crippen LogP contribution in [0.15, 0.2) is 48.5 Å². The molecule has 1 heterocycles. The van der Waals surface area contributed by atoms with Crippen molar-refractivity contribution >= 4 is 17.5 Å². The van der Waals surface area contributed by atoms with E-state index in [0.29, 0.717) is 29.3 Å². The smallest absolute Gasteiger partial charge is 0.262 e. The van der Waals surface area contributed by atoms with Gasteiger partial charge in [-0.2, -0.15) is 0 Å². The maximum Gasteiger partial charge on any atom is 0.262 e. The van der Waals surface area contributed by atoms with E-state index in [1.807, 2.05) is 6.07 Å². The van der Waals surface area contributed by atoms with Crippen LogP contribution < -0.4 is 20.1 Å². The monoisotopic (exact) mass is 384 g/mol. The van der Waals surface area contributed by atoms with Gasteiger partial charge in [0.05, 0.1) is 24.5 Å². The lowest BCUT2D eigenvalue weighted by Gasteiger charge is -2.14. The van der Waals surface area contributed by atoms with Crippen LogP contribution in [0.3, 0.4) is 0 Å². The molecule has 0 saturated carbocycles. The highest BCUT2D eigenvalue weighted by Gasteiger charge is 2.18. The Kier molecular flexibility index (Phi) is 6.86. The Morgan fingerprint density at radius 1 is 1.11 bits per heavy atom. The fraction of sp³-hybridized carbons (Fsp3) is 0.333. The molecule has 7 nitrogen and oxygen atoms in total. The first kappa shape index (κ1) is 19.7. The minimum atomic E-state index is -0.370. The van der Waals surface area contributed by atoms with Crippen molar-refractivity contribution in [1.82, 2.24) is 5.32 Å². The number of para-hydroxylation sites is 3. The van der Waals surface area contributed by atoms with E-state index >= 15 is 0 Å². The number of hydrogen-bond donors (Lipinski definition) is 2. The number of nitrogens with one attached hydrogen (secondary N) is 2. The average Bonchev–Trinajstić information content (AvgIpc) is 3.25. The fourth-order valence-corrected chi connectivity index (χ4v) is 2.96. The molecule has 0 aliphatic carbocycles. The maximum atomic E-state index is 12.5. The molecule has 148 valence electrons. The minimum Gasteiger partial charge on any atom is -0.493 e. The topological polar surface area (TPSA) is 85.9 Å². The molecule has 0 bridgehead atoms. The summed E-state index contributed by atoms with van der Waals surface area (Å²) in [6.45, 7) is 0.990. The van der Waals surface area contributed by atoms with Crippen LogP contribution in [0.2, 0.25) is 0 Å². The maximum absolute atomic E-state index is 12.5. The number of hydrogen-bond acceptors (Lipinski definition) is 5. The van der Waals surface area contributed by atoms with Crippen molar-refractivity contribution in [3.63, 3.8) is 0 Å². The van der Waals surface area contributed by atoms with Crippen LogP contribution in [-0.2, 0) is 9.53 Å². The van der Waals surface area contributed by atoms with Crippen molar-refractivity contribution in [2.75, 3.05) is 32.2 Å². The first-order chi connectivity index (χ1) is 13.7. The number of benzene rings is 2. The number of methoxy groups -OCH3 is 1. The summed E-state index contributed by atoms with van der Waals surface area (Å²) in [7, 11) is 1.54. The molecule has 0 unspecified atom stereocenters. The molecule has 1 aliphatic heterocycles. The van der Waals surface area contributed by atoms with Gasteiger partial charge in [0.1, 0.15) is 0 Å². The van der Waals surface area contributed by atoms with Crippen LogP contribution in [0.1, 0.15) is 23.2 Å². The van der Waals surface area contributed by atoms with Gasteiger partial charge < -0.3 is 24.8 Å². The number of anilines is 1. The SMILES string of the molecule is COc1ccccc1OCC(=O)Nc1ccccc1C(=O)NC[C@@H]1CCCO1. The Hall–Kier alpha value is -3.06. The van der Waals surface area contributed by atoms with Crippen molar-refractivity contribution in [3.8, 4) is 11.5 Å². The standard InChI is InChI=1S/C21H24N2O5/c1-26-18-10-4-5-11-19(18)28-14-20(24)23-17-9-3-2-8-16(17)21(25)22-13-15-7-6-12-27-15/h2-5,8-11,15H,6-7,12-14H2,1H3,(H,22,25)(H,23,24)/t15-/m0/s1. The summed E-state index contributed by atoms with van der Waals surface area (Å²) in [5.41, 5.74) is 0.826. The lowest BCUT2D eigenvalue weighted by Crippen LogP contribution is -2.32. The highest BCUT2D eigenvalue weighted by Crippen LogP contribution is 2.25. The molecule has 3 rings (SSSR count). The van der Waals surface area contributed by atoms with E-state index in [0.717, 1.165) is 19.4 Å². The summed E-state index contributed by atoms with van der Waals surface area (Å²) < 4.78 is 16.2. The zero-order chi connectivity index (χ0) is 19.8. The van der Waals surface area contributed by atoms with Crippen molar-refractivity contribution in [1.29, 1.82) is 0 Å². The van der Waals surface area contributed by atoms with Crippen molar-refractivity contribution in [2.45, 2.75) is 18.9 Å². The third kappa shape index (κ3) is 5.23. The van der Waals surface area contributed by atoms with Gasteiger partial charge in [0.15, 0.2) is 18.1 Å². The van der Waals surface area contributed by atoms with Gasteiger partial charge >= 0.3 is 0 Å². The summed E-state index contributed by atoms with van der Waals surface area (Å²) in [4.78, 5) is 24.8. The van der Waals surface area contributed by atoms with Gasteiger partial charge in [-0.1, -0.05) is 24.3 Å². The van der Waals surface area contributed by atoms with Crippen molar-refractivity contribution in [2.24, 2.45) is 0 Å². The second kappa shape index (κ2) is 9.75. The summed E-state index contributed by atoms with van der Waals surface area (Å²) >= 11 is 0. The highest BCUT2D eigenvalue weighted by atomic mass is 16.5. The van der Waals surface area contributed by atoms with E-state index in [-0.39, 0.29) is 24.5 Å². The Balaban J connectivity index is 1.57. The highest BCUT2D eigenvalue weighted by molar-refractivity contribution is 6.04. The molecule has 1 atom stereocenters. The zero-order valence-corrected chi connectivity index (χ0v) is 15.8. The van der Waals surface area contributed by atoms with E-state index in [1.165, 1.54) is 7.11 Å². The summed E-state index contributed by atoms with van der Waals surface area (Å²) in [5.74, 6) is 0.397. The molecule has 7 heteroatoms. The van der Waals surface area contributed by atoms with Gasteiger partial charge in [-0.05, 0) is 37.1 Å². The molecule has 1 aliphatic rings. The van der Waals surface area contributed by atoms with E-state index in [4.69, 9.17) is 14.2 Å². The Labute approximate surface area is 164 Å². The Bertz CT molecular complexity index is 818. The molecular weight excluding hydrogens is 360 g/mol.